The van der Waals surface area contributed by atoms with E-state index in [0.29, 0.717) is 11.3 Å². The van der Waals surface area contributed by atoms with Crippen LogP contribution in [-0.2, 0) is 0 Å². The van der Waals surface area contributed by atoms with Crippen molar-refractivity contribution in [1.82, 2.24) is 4.98 Å². The van der Waals surface area contributed by atoms with Crippen LogP contribution in [0.2, 0.25) is 0 Å². The molecule has 7 heteroatoms. The van der Waals surface area contributed by atoms with Gasteiger partial charge in [-0.25, -0.2) is 4.39 Å². The Morgan fingerprint density at radius 3 is 2.71 bits per heavy atom. The SMILES string of the molecule is CN(C(=O)c1ccncc1F)c1ccccc1/C(N)=N/O. The molecule has 0 aliphatic carbocycles. The van der Waals surface area contributed by atoms with Gasteiger partial charge in [0.1, 0.15) is 0 Å². The molecule has 0 aliphatic heterocycles. The van der Waals surface area contributed by atoms with Crippen molar-refractivity contribution in [1.29, 1.82) is 0 Å². The van der Waals surface area contributed by atoms with Gasteiger partial charge in [0.25, 0.3) is 5.91 Å². The molecule has 1 amide bonds. The minimum Gasteiger partial charge on any atom is -0.409 e. The molecule has 2 rings (SSSR count). The summed E-state index contributed by atoms with van der Waals surface area (Å²) in [6, 6.07) is 7.88. The van der Waals surface area contributed by atoms with E-state index in [0.717, 1.165) is 6.20 Å². The molecule has 0 saturated carbocycles. The first-order valence-corrected chi connectivity index (χ1v) is 6.00. The Labute approximate surface area is 120 Å². The largest absolute Gasteiger partial charge is 0.409 e. The van der Waals surface area contributed by atoms with Crippen molar-refractivity contribution in [2.75, 3.05) is 11.9 Å². The maximum absolute atomic E-state index is 13.6. The van der Waals surface area contributed by atoms with Crippen LogP contribution in [0.3, 0.4) is 0 Å². The van der Waals surface area contributed by atoms with Crippen LogP contribution in [0.15, 0.2) is 47.9 Å². The molecule has 1 heterocycles. The highest BCUT2D eigenvalue weighted by Crippen LogP contribution is 2.21. The van der Waals surface area contributed by atoms with E-state index < -0.39 is 11.7 Å². The number of amides is 1. The summed E-state index contributed by atoms with van der Waals surface area (Å²) >= 11 is 0. The van der Waals surface area contributed by atoms with E-state index in [-0.39, 0.29) is 11.4 Å². The van der Waals surface area contributed by atoms with Crippen molar-refractivity contribution in [3.8, 4) is 0 Å². The summed E-state index contributed by atoms with van der Waals surface area (Å²) in [5.41, 5.74) is 6.23. The summed E-state index contributed by atoms with van der Waals surface area (Å²) in [7, 11) is 1.48. The number of hydrogen-bond acceptors (Lipinski definition) is 4. The molecule has 0 atom stereocenters. The highest BCUT2D eigenvalue weighted by atomic mass is 19.1. The van der Waals surface area contributed by atoms with E-state index in [1.165, 1.54) is 24.2 Å². The fourth-order valence-corrected chi connectivity index (χ4v) is 1.88. The Balaban J connectivity index is 2.44. The molecule has 0 unspecified atom stereocenters. The van der Waals surface area contributed by atoms with E-state index in [1.807, 2.05) is 0 Å². The van der Waals surface area contributed by atoms with Gasteiger partial charge in [0.2, 0.25) is 0 Å². The number of aromatic nitrogens is 1. The highest BCUT2D eigenvalue weighted by Gasteiger charge is 2.20. The molecule has 1 aromatic heterocycles. The molecular formula is C14H13FN4O2. The molecule has 0 bridgehead atoms. The van der Waals surface area contributed by atoms with Gasteiger partial charge in [-0.3, -0.25) is 9.78 Å². The number of nitrogens with two attached hydrogens (primary N) is 1. The highest BCUT2D eigenvalue weighted by molar-refractivity contribution is 6.10. The van der Waals surface area contributed by atoms with Crippen LogP contribution < -0.4 is 10.6 Å². The quantitative estimate of drug-likeness (QED) is 0.388. The lowest BCUT2D eigenvalue weighted by Gasteiger charge is -2.20. The van der Waals surface area contributed by atoms with Gasteiger partial charge in [-0.15, -0.1) is 0 Å². The lowest BCUT2D eigenvalue weighted by Crippen LogP contribution is -2.29. The Morgan fingerprint density at radius 1 is 1.33 bits per heavy atom. The number of halogens is 1. The van der Waals surface area contributed by atoms with Crippen LogP contribution in [0.5, 0.6) is 0 Å². The lowest BCUT2D eigenvalue weighted by atomic mass is 10.1. The lowest BCUT2D eigenvalue weighted by molar-refractivity contribution is 0.0989. The summed E-state index contributed by atoms with van der Waals surface area (Å²) in [4.78, 5) is 17.2. The number of pyridine rings is 1. The minimum atomic E-state index is -0.712. The van der Waals surface area contributed by atoms with Crippen LogP contribution in [-0.4, -0.2) is 29.0 Å². The van der Waals surface area contributed by atoms with E-state index in [4.69, 9.17) is 10.9 Å². The number of oxime groups is 1. The number of carbonyl (C=O) groups is 1. The molecule has 6 nitrogen and oxygen atoms in total. The van der Waals surface area contributed by atoms with Gasteiger partial charge in [-0.05, 0) is 18.2 Å². The molecule has 0 aliphatic rings. The predicted molar refractivity (Wildman–Crippen MR) is 75.9 cm³/mol. The molecule has 3 N–H and O–H groups in total. The maximum Gasteiger partial charge on any atom is 0.261 e. The first-order chi connectivity index (χ1) is 10.1. The van der Waals surface area contributed by atoms with E-state index >= 15 is 0 Å². The zero-order valence-electron chi connectivity index (χ0n) is 11.2. The Bertz CT molecular complexity index is 703. The van der Waals surface area contributed by atoms with Gasteiger partial charge >= 0.3 is 0 Å². The first-order valence-electron chi connectivity index (χ1n) is 6.00. The molecule has 21 heavy (non-hydrogen) atoms. The van der Waals surface area contributed by atoms with Gasteiger partial charge in [-0.1, -0.05) is 17.3 Å². The van der Waals surface area contributed by atoms with Gasteiger partial charge in [0, 0.05) is 18.8 Å². The molecular weight excluding hydrogens is 275 g/mol. The van der Waals surface area contributed by atoms with Crippen LogP contribution in [0.25, 0.3) is 0 Å². The van der Waals surface area contributed by atoms with Crippen molar-refractivity contribution in [2.45, 2.75) is 0 Å². The summed E-state index contributed by atoms with van der Waals surface area (Å²) in [6.45, 7) is 0. The third-order valence-electron chi connectivity index (χ3n) is 2.96. The average molecular weight is 288 g/mol. The molecule has 0 saturated heterocycles. The topological polar surface area (TPSA) is 91.8 Å². The summed E-state index contributed by atoms with van der Waals surface area (Å²) < 4.78 is 13.6. The first kappa shape index (κ1) is 14.4. The van der Waals surface area contributed by atoms with E-state index in [9.17, 15) is 9.18 Å². The van der Waals surface area contributed by atoms with Crippen molar-refractivity contribution in [3.63, 3.8) is 0 Å². The van der Waals surface area contributed by atoms with E-state index in [1.54, 1.807) is 24.3 Å². The van der Waals surface area contributed by atoms with Gasteiger partial charge in [0.15, 0.2) is 11.7 Å². The fraction of sp³-hybridized carbons (Fsp3) is 0.0714. The number of benzene rings is 1. The second-order valence-electron chi connectivity index (χ2n) is 4.22. The summed E-state index contributed by atoms with van der Waals surface area (Å²) in [5, 5.41) is 11.7. The maximum atomic E-state index is 13.6. The van der Waals surface area contributed by atoms with Crippen LogP contribution in [0, 0.1) is 5.82 Å². The van der Waals surface area contributed by atoms with Crippen molar-refractivity contribution in [3.05, 3.63) is 59.7 Å². The number of anilines is 1. The number of para-hydroxylation sites is 1. The zero-order valence-corrected chi connectivity index (χ0v) is 11.2. The van der Waals surface area contributed by atoms with Crippen LogP contribution in [0.1, 0.15) is 15.9 Å². The number of hydrogen-bond donors (Lipinski definition) is 2. The molecule has 0 fully saturated rings. The normalized spacial score (nSPS) is 11.2. The molecule has 0 spiro atoms. The van der Waals surface area contributed by atoms with Crippen molar-refractivity contribution < 1.29 is 14.4 Å². The fourth-order valence-electron chi connectivity index (χ4n) is 1.88. The molecule has 0 radical (unpaired) electrons. The van der Waals surface area contributed by atoms with Gasteiger partial charge < -0.3 is 15.8 Å². The number of amidine groups is 1. The summed E-state index contributed by atoms with van der Waals surface area (Å²) in [5.74, 6) is -1.41. The minimum absolute atomic E-state index is 0.109. The average Bonchev–Trinajstić information content (AvgIpc) is 2.53. The smallest absolute Gasteiger partial charge is 0.261 e. The Kier molecular flexibility index (Phi) is 4.13. The monoisotopic (exact) mass is 288 g/mol. The Morgan fingerprint density at radius 2 is 2.05 bits per heavy atom. The third kappa shape index (κ3) is 2.81. The van der Waals surface area contributed by atoms with Crippen molar-refractivity contribution in [2.24, 2.45) is 10.9 Å². The van der Waals surface area contributed by atoms with Crippen LogP contribution >= 0.6 is 0 Å². The van der Waals surface area contributed by atoms with Crippen molar-refractivity contribution >= 4 is 17.4 Å². The third-order valence-corrected chi connectivity index (χ3v) is 2.96. The molecule has 108 valence electrons. The molecule has 2 aromatic rings. The number of rotatable bonds is 3. The second kappa shape index (κ2) is 6.00. The van der Waals surface area contributed by atoms with Gasteiger partial charge in [-0.2, -0.15) is 0 Å². The second-order valence-corrected chi connectivity index (χ2v) is 4.22. The summed E-state index contributed by atoms with van der Waals surface area (Å²) in [6.07, 6.45) is 2.30. The van der Waals surface area contributed by atoms with E-state index in [2.05, 4.69) is 10.1 Å². The molecule has 1 aromatic carbocycles. The number of carbonyl (C=O) groups excluding carboxylic acids is 1. The number of nitrogens with zero attached hydrogens (tertiary/aromatic N) is 3. The zero-order chi connectivity index (χ0) is 15.4. The standard InChI is InChI=1S/C14H13FN4O2/c1-19(14(20)9-6-7-17-8-11(9)15)12-5-3-2-4-10(12)13(16)18-21/h2-8,21H,1H3,(H2,16,18). The van der Waals surface area contributed by atoms with Gasteiger partial charge in [0.05, 0.1) is 17.4 Å². The predicted octanol–water partition coefficient (Wildman–Crippen LogP) is 1.59. The van der Waals surface area contributed by atoms with Crippen LogP contribution in [0.4, 0.5) is 10.1 Å². The Hall–Kier alpha value is -2.96.